The van der Waals surface area contributed by atoms with Gasteiger partial charge in [-0.2, -0.15) is 0 Å². The molecule has 0 radical (unpaired) electrons. The van der Waals surface area contributed by atoms with Crippen molar-refractivity contribution in [2.45, 2.75) is 24.8 Å². The topological polar surface area (TPSA) is 113 Å². The van der Waals surface area contributed by atoms with E-state index in [9.17, 15) is 19.2 Å². The van der Waals surface area contributed by atoms with Gasteiger partial charge in [0.05, 0.1) is 6.42 Å². The number of ether oxygens (including phenoxy) is 1. The van der Waals surface area contributed by atoms with Crippen LogP contribution in [0.3, 0.4) is 0 Å². The minimum atomic E-state index is -1.15. The molecule has 1 saturated heterocycles. The lowest BCUT2D eigenvalue weighted by molar-refractivity contribution is -0.145. The highest BCUT2D eigenvalue weighted by Gasteiger charge is 2.52. The van der Waals surface area contributed by atoms with Crippen LogP contribution in [0.5, 0.6) is 0 Å². The van der Waals surface area contributed by atoms with Crippen LogP contribution in [-0.4, -0.2) is 57.5 Å². The molecule has 0 unspecified atom stereocenters. The molecule has 1 aromatic rings. The van der Waals surface area contributed by atoms with E-state index < -0.39 is 18.0 Å². The number of carbonyl (C=O) groups excluding carboxylic acids is 3. The fourth-order valence-corrected chi connectivity index (χ4v) is 4.95. The number of rotatable bonds is 7. The van der Waals surface area contributed by atoms with Crippen LogP contribution in [0.2, 0.25) is 0 Å². The molecule has 0 spiro atoms. The first-order valence-corrected chi connectivity index (χ1v) is 10.3. The average molecular weight is 422 g/mol. The molecule has 0 aromatic carbocycles. The Morgan fingerprint density at radius 2 is 2.21 bits per heavy atom. The van der Waals surface area contributed by atoms with Crippen molar-refractivity contribution in [1.82, 2.24) is 10.2 Å². The highest BCUT2D eigenvalue weighted by Crippen LogP contribution is 2.40. The molecule has 28 heavy (non-hydrogen) atoms. The first-order chi connectivity index (χ1) is 13.4. The SMILES string of the molecule is CC(=O)OCC1=C(/C=C/C(=O)O)N2C(=O)[C@@H](NC(=O)Cc3cccs3)[C@H]2SC1. The predicted molar refractivity (Wildman–Crippen MR) is 103 cm³/mol. The Hall–Kier alpha value is -2.59. The summed E-state index contributed by atoms with van der Waals surface area (Å²) in [7, 11) is 0. The second-order valence-corrected chi connectivity index (χ2v) is 8.29. The molecule has 0 aliphatic carbocycles. The largest absolute Gasteiger partial charge is 0.478 e. The van der Waals surface area contributed by atoms with E-state index in [1.807, 2.05) is 17.5 Å². The Bertz CT molecular complexity index is 861. The lowest BCUT2D eigenvalue weighted by atomic mass is 10.0. The summed E-state index contributed by atoms with van der Waals surface area (Å²) < 4.78 is 5.01. The number of β-lactam (4-membered cyclic amide) rings is 1. The maximum absolute atomic E-state index is 12.6. The maximum atomic E-state index is 12.6. The summed E-state index contributed by atoms with van der Waals surface area (Å²) >= 11 is 2.91. The second-order valence-electron chi connectivity index (χ2n) is 6.15. The van der Waals surface area contributed by atoms with Crippen molar-refractivity contribution >= 4 is 46.9 Å². The van der Waals surface area contributed by atoms with Gasteiger partial charge < -0.3 is 15.2 Å². The van der Waals surface area contributed by atoms with E-state index in [2.05, 4.69) is 5.32 Å². The molecular formula is C18H18N2O6S2. The van der Waals surface area contributed by atoms with Crippen LogP contribution in [0.25, 0.3) is 0 Å². The first kappa shape index (κ1) is 20.2. The predicted octanol–water partition coefficient (Wildman–Crippen LogP) is 1.15. The van der Waals surface area contributed by atoms with E-state index in [0.717, 1.165) is 11.0 Å². The minimum absolute atomic E-state index is 0.0203. The zero-order valence-corrected chi connectivity index (χ0v) is 16.5. The molecule has 2 aliphatic rings. The summed E-state index contributed by atoms with van der Waals surface area (Å²) in [5.41, 5.74) is 1.05. The third-order valence-electron chi connectivity index (χ3n) is 4.16. The van der Waals surface area contributed by atoms with E-state index in [1.54, 1.807) is 0 Å². The fraction of sp³-hybridized carbons (Fsp3) is 0.333. The number of carboxylic acids is 1. The molecule has 0 saturated carbocycles. The van der Waals surface area contributed by atoms with Gasteiger partial charge in [-0.15, -0.1) is 23.1 Å². The van der Waals surface area contributed by atoms with E-state index in [0.29, 0.717) is 17.0 Å². The summed E-state index contributed by atoms with van der Waals surface area (Å²) in [4.78, 5) is 49.2. The number of carboxylic acid groups (broad SMARTS) is 1. The fourth-order valence-electron chi connectivity index (χ4n) is 2.90. The van der Waals surface area contributed by atoms with E-state index in [1.165, 1.54) is 41.0 Å². The summed E-state index contributed by atoms with van der Waals surface area (Å²) in [6.45, 7) is 1.26. The number of carbonyl (C=O) groups is 4. The molecule has 2 amide bonds. The number of esters is 1. The van der Waals surface area contributed by atoms with Crippen molar-refractivity contribution in [2.75, 3.05) is 12.4 Å². The number of fused-ring (bicyclic) bond motifs is 1. The van der Waals surface area contributed by atoms with Gasteiger partial charge in [0.1, 0.15) is 18.0 Å². The van der Waals surface area contributed by atoms with E-state index in [-0.39, 0.29) is 30.2 Å². The van der Waals surface area contributed by atoms with Gasteiger partial charge in [0.2, 0.25) is 5.91 Å². The molecule has 2 atom stereocenters. The average Bonchev–Trinajstić information content (AvgIpc) is 3.15. The van der Waals surface area contributed by atoms with Gasteiger partial charge in [-0.05, 0) is 17.5 Å². The standard InChI is InChI=1S/C18H18N2O6S2/c1-10(21)26-8-11-9-28-18-16(19-14(22)7-12-3-2-6-27-12)17(25)20(18)13(11)4-5-15(23)24/h2-6,16,18H,7-9H2,1H3,(H,19,22)(H,23,24)/b5-4+/t16-,18-/m1/s1. The maximum Gasteiger partial charge on any atom is 0.328 e. The number of nitrogens with one attached hydrogen (secondary N) is 1. The molecule has 3 rings (SSSR count). The molecule has 1 aromatic heterocycles. The molecule has 1 fully saturated rings. The van der Waals surface area contributed by atoms with Crippen LogP contribution in [-0.2, 0) is 30.3 Å². The van der Waals surface area contributed by atoms with Gasteiger partial charge in [0.15, 0.2) is 0 Å². The number of nitrogens with zero attached hydrogens (tertiary/aromatic N) is 1. The lowest BCUT2D eigenvalue weighted by Gasteiger charge is -2.50. The van der Waals surface area contributed by atoms with Crippen molar-refractivity contribution in [1.29, 1.82) is 0 Å². The zero-order chi connectivity index (χ0) is 20.3. The van der Waals surface area contributed by atoms with Crippen molar-refractivity contribution in [2.24, 2.45) is 0 Å². The Morgan fingerprint density at radius 1 is 1.43 bits per heavy atom. The third-order valence-corrected chi connectivity index (χ3v) is 6.37. The number of thiophene rings is 1. The first-order valence-electron chi connectivity index (χ1n) is 8.39. The highest BCUT2D eigenvalue weighted by molar-refractivity contribution is 8.00. The molecule has 3 heterocycles. The minimum Gasteiger partial charge on any atom is -0.478 e. The quantitative estimate of drug-likeness (QED) is 0.385. The molecule has 8 nitrogen and oxygen atoms in total. The van der Waals surface area contributed by atoms with Crippen LogP contribution < -0.4 is 5.32 Å². The molecular weight excluding hydrogens is 404 g/mol. The number of amides is 2. The summed E-state index contributed by atoms with van der Waals surface area (Å²) in [6.07, 6.45) is 2.47. The Kier molecular flexibility index (Phi) is 6.20. The van der Waals surface area contributed by atoms with Crippen LogP contribution in [0.15, 0.2) is 40.9 Å². The van der Waals surface area contributed by atoms with Gasteiger partial charge in [0, 0.05) is 34.9 Å². The number of thioether (sulfide) groups is 1. The van der Waals surface area contributed by atoms with Gasteiger partial charge in [-0.1, -0.05) is 6.07 Å². The second kappa shape index (κ2) is 8.61. The molecule has 10 heteroatoms. The van der Waals surface area contributed by atoms with Crippen molar-refractivity contribution in [3.8, 4) is 0 Å². The van der Waals surface area contributed by atoms with Gasteiger partial charge in [-0.3, -0.25) is 19.3 Å². The van der Waals surface area contributed by atoms with Crippen LogP contribution in [0, 0.1) is 0 Å². The highest BCUT2D eigenvalue weighted by atomic mass is 32.2. The Morgan fingerprint density at radius 3 is 2.86 bits per heavy atom. The Labute approximate surface area is 169 Å². The van der Waals surface area contributed by atoms with Crippen LogP contribution in [0.1, 0.15) is 11.8 Å². The molecule has 2 aliphatic heterocycles. The molecule has 2 N–H and O–H groups in total. The van der Waals surface area contributed by atoms with Gasteiger partial charge in [-0.25, -0.2) is 4.79 Å². The van der Waals surface area contributed by atoms with Crippen molar-refractivity contribution in [3.05, 3.63) is 45.8 Å². The van der Waals surface area contributed by atoms with E-state index >= 15 is 0 Å². The summed E-state index contributed by atoms with van der Waals surface area (Å²) in [6, 6.07) is 3.05. The number of hydrogen-bond donors (Lipinski definition) is 2. The number of hydrogen-bond acceptors (Lipinski definition) is 7. The molecule has 0 bridgehead atoms. The smallest absolute Gasteiger partial charge is 0.328 e. The number of allylic oxidation sites excluding steroid dienone is 1. The van der Waals surface area contributed by atoms with Crippen LogP contribution in [0.4, 0.5) is 0 Å². The summed E-state index contributed by atoms with van der Waals surface area (Å²) in [5, 5.41) is 13.2. The molecule has 148 valence electrons. The third kappa shape index (κ3) is 4.45. The van der Waals surface area contributed by atoms with E-state index in [4.69, 9.17) is 9.84 Å². The number of aliphatic carboxylic acids is 1. The summed E-state index contributed by atoms with van der Waals surface area (Å²) in [5.74, 6) is -1.71. The zero-order valence-electron chi connectivity index (χ0n) is 14.9. The van der Waals surface area contributed by atoms with Crippen molar-refractivity contribution < 1.29 is 29.0 Å². The van der Waals surface area contributed by atoms with Gasteiger partial charge >= 0.3 is 11.9 Å². The normalized spacial score (nSPS) is 21.3. The Balaban J connectivity index is 1.72. The monoisotopic (exact) mass is 422 g/mol. The van der Waals surface area contributed by atoms with Crippen molar-refractivity contribution in [3.63, 3.8) is 0 Å². The lowest BCUT2D eigenvalue weighted by Crippen LogP contribution is -2.70. The van der Waals surface area contributed by atoms with Crippen LogP contribution >= 0.6 is 23.1 Å². The van der Waals surface area contributed by atoms with Gasteiger partial charge in [0.25, 0.3) is 5.91 Å².